The Labute approximate surface area is 107 Å². The van der Waals surface area contributed by atoms with E-state index in [0.717, 1.165) is 31.7 Å². The summed E-state index contributed by atoms with van der Waals surface area (Å²) in [7, 11) is 0. The van der Waals surface area contributed by atoms with Crippen LogP contribution in [0.3, 0.4) is 0 Å². The van der Waals surface area contributed by atoms with E-state index in [-0.39, 0.29) is 0 Å². The van der Waals surface area contributed by atoms with E-state index in [9.17, 15) is 0 Å². The van der Waals surface area contributed by atoms with E-state index < -0.39 is 0 Å². The van der Waals surface area contributed by atoms with Gasteiger partial charge in [0.2, 0.25) is 0 Å². The Balaban J connectivity index is 1.86. The molecule has 4 heteroatoms. The van der Waals surface area contributed by atoms with Crippen molar-refractivity contribution in [2.45, 2.75) is 13.0 Å². The quantitative estimate of drug-likeness (QED) is 0.806. The Bertz CT molecular complexity index is 428. The molecule has 4 nitrogen and oxygen atoms in total. The molecule has 0 radical (unpaired) electrons. The van der Waals surface area contributed by atoms with Crippen molar-refractivity contribution >= 4 is 0 Å². The first-order valence-electron chi connectivity index (χ1n) is 6.22. The molecule has 2 rings (SSSR count). The average molecular weight is 245 g/mol. The van der Waals surface area contributed by atoms with Crippen LogP contribution in [-0.4, -0.2) is 29.5 Å². The van der Waals surface area contributed by atoms with Crippen LogP contribution in [0, 0.1) is 0 Å². The first-order valence-corrected chi connectivity index (χ1v) is 6.22. The minimum Gasteiger partial charge on any atom is -0.451 e. The number of hydrogen-bond acceptors (Lipinski definition) is 4. The maximum absolute atomic E-state index is 5.64. The van der Waals surface area contributed by atoms with Crippen LogP contribution in [0.25, 0.3) is 0 Å². The van der Waals surface area contributed by atoms with Gasteiger partial charge in [-0.2, -0.15) is 0 Å². The third-order valence-electron chi connectivity index (χ3n) is 2.87. The van der Waals surface area contributed by atoms with Gasteiger partial charge in [0.1, 0.15) is 6.26 Å². The lowest BCUT2D eigenvalue weighted by Crippen LogP contribution is -2.31. The monoisotopic (exact) mass is 245 g/mol. The minimum atomic E-state index is 0.659. The van der Waals surface area contributed by atoms with Gasteiger partial charge in [0, 0.05) is 26.2 Å². The molecule has 0 amide bonds. The lowest BCUT2D eigenvalue weighted by Gasteiger charge is -2.20. The maximum atomic E-state index is 5.64. The van der Waals surface area contributed by atoms with Gasteiger partial charge < -0.3 is 10.2 Å². The molecule has 0 unspecified atom stereocenters. The van der Waals surface area contributed by atoms with E-state index in [4.69, 9.17) is 10.2 Å². The van der Waals surface area contributed by atoms with Crippen LogP contribution >= 0.6 is 0 Å². The van der Waals surface area contributed by atoms with Gasteiger partial charge >= 0.3 is 0 Å². The number of oxazole rings is 1. The molecule has 0 atom stereocenters. The molecule has 0 spiro atoms. The smallest absolute Gasteiger partial charge is 0.180 e. The second-order valence-corrected chi connectivity index (χ2v) is 4.28. The number of nitrogens with two attached hydrogens (primary N) is 1. The highest BCUT2D eigenvalue weighted by molar-refractivity contribution is 5.14. The zero-order valence-corrected chi connectivity index (χ0v) is 10.5. The summed E-state index contributed by atoms with van der Waals surface area (Å²) >= 11 is 0. The lowest BCUT2D eigenvalue weighted by molar-refractivity contribution is 0.273. The van der Waals surface area contributed by atoms with E-state index in [1.54, 1.807) is 6.26 Å². The van der Waals surface area contributed by atoms with Crippen molar-refractivity contribution in [1.29, 1.82) is 0 Å². The lowest BCUT2D eigenvalue weighted by atomic mass is 10.1. The molecule has 1 aromatic heterocycles. The van der Waals surface area contributed by atoms with Gasteiger partial charge in [-0.3, -0.25) is 4.90 Å². The highest BCUT2D eigenvalue weighted by atomic mass is 16.3. The van der Waals surface area contributed by atoms with Gasteiger partial charge in [0.05, 0.1) is 5.69 Å². The Kier molecular flexibility index (Phi) is 4.93. The Hall–Kier alpha value is -1.65. The summed E-state index contributed by atoms with van der Waals surface area (Å²) in [6.07, 6.45) is 4.18. The second kappa shape index (κ2) is 6.93. The van der Waals surface area contributed by atoms with Crippen LogP contribution in [0.2, 0.25) is 0 Å². The predicted molar refractivity (Wildman–Crippen MR) is 71.0 cm³/mol. The topological polar surface area (TPSA) is 55.3 Å². The number of aromatic nitrogens is 1. The van der Waals surface area contributed by atoms with Crippen molar-refractivity contribution in [1.82, 2.24) is 9.88 Å². The van der Waals surface area contributed by atoms with E-state index >= 15 is 0 Å². The molecule has 0 saturated heterocycles. The first-order chi connectivity index (χ1) is 8.88. The van der Waals surface area contributed by atoms with E-state index in [1.807, 2.05) is 6.07 Å². The Morgan fingerprint density at radius 3 is 2.67 bits per heavy atom. The van der Waals surface area contributed by atoms with E-state index in [0.29, 0.717) is 6.54 Å². The summed E-state index contributed by atoms with van der Waals surface area (Å²) in [6, 6.07) is 10.5. The summed E-state index contributed by atoms with van der Waals surface area (Å²) in [5.41, 5.74) is 7.94. The standard InChI is InChI=1S/C14H19N3O/c15-7-9-17(10-14-11-18-12-16-14)8-6-13-4-2-1-3-5-13/h1-5,11-12H,6-10,15H2. The molecule has 2 N–H and O–H groups in total. The molecule has 18 heavy (non-hydrogen) atoms. The van der Waals surface area contributed by atoms with Gasteiger partial charge in [0.25, 0.3) is 0 Å². The minimum absolute atomic E-state index is 0.659. The molecule has 2 aromatic rings. The molecule has 0 bridgehead atoms. The third kappa shape index (κ3) is 3.98. The summed E-state index contributed by atoms with van der Waals surface area (Å²) in [4.78, 5) is 6.44. The molecule has 1 heterocycles. The van der Waals surface area contributed by atoms with Gasteiger partial charge in [-0.25, -0.2) is 4.98 Å². The number of nitrogens with zero attached hydrogens (tertiary/aromatic N) is 2. The highest BCUT2D eigenvalue weighted by Gasteiger charge is 2.07. The fraction of sp³-hybridized carbons (Fsp3) is 0.357. The second-order valence-electron chi connectivity index (χ2n) is 4.28. The Morgan fingerprint density at radius 1 is 1.17 bits per heavy atom. The van der Waals surface area contributed by atoms with Crippen LogP contribution in [-0.2, 0) is 13.0 Å². The zero-order valence-electron chi connectivity index (χ0n) is 10.5. The van der Waals surface area contributed by atoms with Crippen LogP contribution in [0.5, 0.6) is 0 Å². The normalized spacial score (nSPS) is 11.0. The molecular weight excluding hydrogens is 226 g/mol. The summed E-state index contributed by atoms with van der Waals surface area (Å²) in [5, 5.41) is 0. The number of benzene rings is 1. The third-order valence-corrected chi connectivity index (χ3v) is 2.87. The van der Waals surface area contributed by atoms with Crippen molar-refractivity contribution in [3.8, 4) is 0 Å². The van der Waals surface area contributed by atoms with Crippen LogP contribution in [0.1, 0.15) is 11.3 Å². The molecule has 96 valence electrons. The molecule has 0 aliphatic rings. The van der Waals surface area contributed by atoms with E-state index in [2.05, 4.69) is 34.1 Å². The van der Waals surface area contributed by atoms with Crippen molar-refractivity contribution in [3.05, 3.63) is 54.2 Å². The molecule has 0 aliphatic carbocycles. The van der Waals surface area contributed by atoms with Crippen LogP contribution < -0.4 is 5.73 Å². The molecule has 0 saturated carbocycles. The highest BCUT2D eigenvalue weighted by Crippen LogP contribution is 2.05. The van der Waals surface area contributed by atoms with Crippen molar-refractivity contribution in [2.75, 3.05) is 19.6 Å². The fourth-order valence-corrected chi connectivity index (χ4v) is 1.93. The SMILES string of the molecule is NCCN(CCc1ccccc1)Cc1cocn1. The first kappa shape index (κ1) is 12.8. The Morgan fingerprint density at radius 2 is 2.00 bits per heavy atom. The zero-order chi connectivity index (χ0) is 12.6. The van der Waals surface area contributed by atoms with Crippen molar-refractivity contribution in [3.63, 3.8) is 0 Å². The molecular formula is C14H19N3O. The largest absolute Gasteiger partial charge is 0.451 e. The number of hydrogen-bond donors (Lipinski definition) is 1. The van der Waals surface area contributed by atoms with Gasteiger partial charge in [-0.05, 0) is 12.0 Å². The van der Waals surface area contributed by atoms with E-state index in [1.165, 1.54) is 12.0 Å². The summed E-state index contributed by atoms with van der Waals surface area (Å²) < 4.78 is 4.99. The van der Waals surface area contributed by atoms with Gasteiger partial charge in [0.15, 0.2) is 6.39 Å². The molecule has 1 aromatic carbocycles. The summed E-state index contributed by atoms with van der Waals surface area (Å²) in [5.74, 6) is 0. The van der Waals surface area contributed by atoms with Crippen molar-refractivity contribution < 1.29 is 4.42 Å². The van der Waals surface area contributed by atoms with Crippen LogP contribution in [0.15, 0.2) is 47.4 Å². The van der Waals surface area contributed by atoms with Crippen LogP contribution in [0.4, 0.5) is 0 Å². The predicted octanol–water partition coefficient (Wildman–Crippen LogP) is 1.68. The van der Waals surface area contributed by atoms with Gasteiger partial charge in [-0.15, -0.1) is 0 Å². The molecule has 0 aliphatic heterocycles. The maximum Gasteiger partial charge on any atom is 0.180 e. The summed E-state index contributed by atoms with van der Waals surface area (Å²) in [6.45, 7) is 3.31. The van der Waals surface area contributed by atoms with Gasteiger partial charge in [-0.1, -0.05) is 30.3 Å². The molecule has 0 fully saturated rings. The number of rotatable bonds is 7. The van der Waals surface area contributed by atoms with Crippen molar-refractivity contribution in [2.24, 2.45) is 5.73 Å². The average Bonchev–Trinajstić information content (AvgIpc) is 2.90. The fourth-order valence-electron chi connectivity index (χ4n) is 1.93.